The van der Waals surface area contributed by atoms with Crippen molar-refractivity contribution >= 4 is 16.9 Å². The van der Waals surface area contributed by atoms with Gasteiger partial charge in [-0.3, -0.25) is 9.98 Å². The second-order valence-corrected chi connectivity index (χ2v) is 7.69. The van der Waals surface area contributed by atoms with Crippen molar-refractivity contribution in [2.24, 2.45) is 16.6 Å². The van der Waals surface area contributed by atoms with E-state index in [2.05, 4.69) is 17.1 Å². The number of ether oxygens (including phenoxy) is 1. The molecule has 3 atom stereocenters. The molecule has 130 valence electrons. The van der Waals surface area contributed by atoms with E-state index in [-0.39, 0.29) is 17.5 Å². The van der Waals surface area contributed by atoms with E-state index in [0.717, 1.165) is 35.3 Å². The number of amidine groups is 1. The standard InChI is InChI=1S/C19H20FN3OS/c1-24-17-7-15-11-25-18(21)23-19(15,8-17)14-4-2-3-12(5-14)13-6-16(20)10-22-9-13/h2-6,9-10,15,17H,7-8,11H2,1H3,(H2,21,23)/t15-,17+,19+/m0/s1. The molecule has 25 heavy (non-hydrogen) atoms. The molecule has 1 aliphatic heterocycles. The van der Waals surface area contributed by atoms with Crippen molar-refractivity contribution in [1.29, 1.82) is 0 Å². The first-order valence-corrected chi connectivity index (χ1v) is 9.31. The zero-order valence-corrected chi connectivity index (χ0v) is 14.8. The van der Waals surface area contributed by atoms with Gasteiger partial charge in [-0.15, -0.1) is 0 Å². The molecule has 0 amide bonds. The van der Waals surface area contributed by atoms with Crippen molar-refractivity contribution in [2.75, 3.05) is 12.9 Å². The maximum absolute atomic E-state index is 13.5. The van der Waals surface area contributed by atoms with E-state index in [9.17, 15) is 4.39 Å². The number of benzene rings is 1. The van der Waals surface area contributed by atoms with E-state index in [1.165, 1.54) is 12.3 Å². The normalized spacial score (nSPS) is 28.5. The molecule has 1 fully saturated rings. The first kappa shape index (κ1) is 16.5. The van der Waals surface area contributed by atoms with E-state index in [0.29, 0.717) is 11.1 Å². The van der Waals surface area contributed by atoms with E-state index >= 15 is 0 Å². The van der Waals surface area contributed by atoms with Crippen LogP contribution >= 0.6 is 11.8 Å². The van der Waals surface area contributed by atoms with E-state index in [1.807, 2.05) is 12.1 Å². The van der Waals surface area contributed by atoms with Crippen molar-refractivity contribution in [2.45, 2.75) is 24.5 Å². The zero-order valence-electron chi connectivity index (χ0n) is 14.0. The van der Waals surface area contributed by atoms with Crippen molar-refractivity contribution in [3.63, 3.8) is 0 Å². The summed E-state index contributed by atoms with van der Waals surface area (Å²) in [6.07, 6.45) is 4.87. The van der Waals surface area contributed by atoms with Gasteiger partial charge in [-0.05, 0) is 29.7 Å². The number of rotatable bonds is 3. The van der Waals surface area contributed by atoms with Crippen LogP contribution in [0.1, 0.15) is 18.4 Å². The lowest BCUT2D eigenvalue weighted by atomic mass is 9.80. The second kappa shape index (κ2) is 6.42. The number of pyridine rings is 1. The van der Waals surface area contributed by atoms with Gasteiger partial charge in [0, 0.05) is 37.0 Å². The molecular weight excluding hydrogens is 337 g/mol. The second-order valence-electron chi connectivity index (χ2n) is 6.65. The Kier molecular flexibility index (Phi) is 4.25. The molecular formula is C19H20FN3OS. The number of nitrogens with zero attached hydrogens (tertiary/aromatic N) is 2. The maximum Gasteiger partial charge on any atom is 0.154 e. The Morgan fingerprint density at radius 1 is 1.28 bits per heavy atom. The van der Waals surface area contributed by atoms with Gasteiger partial charge in [0.25, 0.3) is 0 Å². The largest absolute Gasteiger partial charge is 0.381 e. The average molecular weight is 357 g/mol. The summed E-state index contributed by atoms with van der Waals surface area (Å²) in [6, 6.07) is 9.65. The Labute approximate surface area is 150 Å². The molecule has 0 radical (unpaired) electrons. The van der Waals surface area contributed by atoms with Crippen molar-refractivity contribution < 1.29 is 9.13 Å². The highest BCUT2D eigenvalue weighted by molar-refractivity contribution is 8.13. The third-order valence-electron chi connectivity index (χ3n) is 5.24. The molecule has 2 heterocycles. The summed E-state index contributed by atoms with van der Waals surface area (Å²) in [4.78, 5) is 8.84. The Balaban J connectivity index is 1.80. The van der Waals surface area contributed by atoms with Gasteiger partial charge in [-0.1, -0.05) is 30.0 Å². The molecule has 0 bridgehead atoms. The molecule has 2 N–H and O–H groups in total. The lowest BCUT2D eigenvalue weighted by Crippen LogP contribution is -2.36. The van der Waals surface area contributed by atoms with Crippen LogP contribution in [-0.4, -0.2) is 29.1 Å². The summed E-state index contributed by atoms with van der Waals surface area (Å²) < 4.78 is 19.2. The number of methoxy groups -OCH3 is 1. The van der Waals surface area contributed by atoms with Crippen LogP contribution in [0.25, 0.3) is 11.1 Å². The molecule has 1 aliphatic carbocycles. The number of hydrogen-bond acceptors (Lipinski definition) is 5. The molecule has 0 saturated heterocycles. The Morgan fingerprint density at radius 3 is 2.96 bits per heavy atom. The van der Waals surface area contributed by atoms with Crippen LogP contribution < -0.4 is 5.73 Å². The molecule has 4 nitrogen and oxygen atoms in total. The van der Waals surface area contributed by atoms with Crippen LogP contribution in [0.3, 0.4) is 0 Å². The number of aromatic nitrogens is 1. The van der Waals surface area contributed by atoms with E-state index in [4.69, 9.17) is 15.5 Å². The smallest absolute Gasteiger partial charge is 0.154 e. The lowest BCUT2D eigenvalue weighted by Gasteiger charge is -2.35. The number of thioether (sulfide) groups is 1. The minimum absolute atomic E-state index is 0.180. The fraction of sp³-hybridized carbons (Fsp3) is 0.368. The van der Waals surface area contributed by atoms with Gasteiger partial charge in [-0.25, -0.2) is 4.39 Å². The summed E-state index contributed by atoms with van der Waals surface area (Å²) >= 11 is 1.62. The fourth-order valence-corrected chi connectivity index (χ4v) is 5.01. The van der Waals surface area contributed by atoms with Crippen LogP contribution in [0.15, 0.2) is 47.7 Å². The van der Waals surface area contributed by atoms with Crippen LogP contribution in [0, 0.1) is 11.7 Å². The first-order valence-electron chi connectivity index (χ1n) is 8.33. The van der Waals surface area contributed by atoms with Crippen molar-refractivity contribution in [3.8, 4) is 11.1 Å². The average Bonchev–Trinajstić information content (AvgIpc) is 3.01. The van der Waals surface area contributed by atoms with Crippen LogP contribution in [0.2, 0.25) is 0 Å². The van der Waals surface area contributed by atoms with Gasteiger partial charge >= 0.3 is 0 Å². The number of hydrogen-bond donors (Lipinski definition) is 1. The predicted octanol–water partition coefficient (Wildman–Crippen LogP) is 3.57. The minimum Gasteiger partial charge on any atom is -0.381 e. The van der Waals surface area contributed by atoms with Gasteiger partial charge in [0.15, 0.2) is 5.17 Å². The maximum atomic E-state index is 13.5. The molecule has 0 spiro atoms. The molecule has 1 aromatic heterocycles. The molecule has 0 unspecified atom stereocenters. The van der Waals surface area contributed by atoms with E-state index < -0.39 is 0 Å². The number of fused-ring (bicyclic) bond motifs is 1. The van der Waals surface area contributed by atoms with Gasteiger partial charge in [0.2, 0.25) is 0 Å². The van der Waals surface area contributed by atoms with E-state index in [1.54, 1.807) is 25.1 Å². The molecule has 4 rings (SSSR count). The molecule has 2 aliphatic rings. The first-order chi connectivity index (χ1) is 12.1. The van der Waals surface area contributed by atoms with Crippen molar-refractivity contribution in [3.05, 3.63) is 54.1 Å². The third kappa shape index (κ3) is 2.93. The Bertz CT molecular complexity index is 828. The monoisotopic (exact) mass is 357 g/mol. The molecule has 1 aromatic carbocycles. The van der Waals surface area contributed by atoms with Gasteiger partial charge in [0.05, 0.1) is 17.8 Å². The summed E-state index contributed by atoms with van der Waals surface area (Å²) in [5, 5.41) is 0.630. The zero-order chi connectivity index (χ0) is 17.4. The number of nitrogens with two attached hydrogens (primary N) is 1. The van der Waals surface area contributed by atoms with Gasteiger partial charge in [0.1, 0.15) is 5.82 Å². The number of halogens is 1. The summed E-state index contributed by atoms with van der Waals surface area (Å²) in [5.41, 5.74) is 8.54. The predicted molar refractivity (Wildman–Crippen MR) is 98.9 cm³/mol. The molecule has 1 saturated carbocycles. The fourth-order valence-electron chi connectivity index (χ4n) is 4.00. The van der Waals surface area contributed by atoms with Crippen LogP contribution in [0.5, 0.6) is 0 Å². The summed E-state index contributed by atoms with van der Waals surface area (Å²) in [6.45, 7) is 0. The Morgan fingerprint density at radius 2 is 2.16 bits per heavy atom. The Hall–Kier alpha value is -1.92. The SMILES string of the molecule is CO[C@@H]1C[C@H]2CSC(N)=N[C@@]2(c2cccc(-c3cncc(F)c3)c2)C1. The third-order valence-corrected chi connectivity index (χ3v) is 6.19. The lowest BCUT2D eigenvalue weighted by molar-refractivity contribution is 0.102. The quantitative estimate of drug-likeness (QED) is 0.912. The minimum atomic E-state index is -0.354. The van der Waals surface area contributed by atoms with Crippen LogP contribution in [0.4, 0.5) is 4.39 Å². The van der Waals surface area contributed by atoms with Crippen molar-refractivity contribution in [1.82, 2.24) is 4.98 Å². The highest BCUT2D eigenvalue weighted by Gasteiger charge is 2.50. The topological polar surface area (TPSA) is 60.5 Å². The molecule has 2 aromatic rings. The highest BCUT2D eigenvalue weighted by Crippen LogP contribution is 2.51. The van der Waals surface area contributed by atoms with Crippen LogP contribution in [-0.2, 0) is 10.3 Å². The number of aliphatic imine (C=N–C) groups is 1. The van der Waals surface area contributed by atoms with Gasteiger partial charge in [-0.2, -0.15) is 0 Å². The highest BCUT2D eigenvalue weighted by atomic mass is 32.2. The summed E-state index contributed by atoms with van der Waals surface area (Å²) in [5.74, 6) is 0.993. The van der Waals surface area contributed by atoms with Gasteiger partial charge < -0.3 is 10.5 Å². The summed E-state index contributed by atoms with van der Waals surface area (Å²) in [7, 11) is 1.75. The molecule has 6 heteroatoms.